The number of aromatic nitrogens is 6. The number of nitrogens with zero attached hydrogens (tertiary/aromatic N) is 7. The predicted octanol–water partition coefficient (Wildman–Crippen LogP) is 3.53. The molecule has 40 heavy (non-hydrogen) atoms. The molecule has 0 bridgehead atoms. The SMILES string of the molecule is CC1(O)CCN(c2nc(Cn3nc(-c4ccc(Cl)cc4)n(C[C@H](O)C(F)(F)F)c3=O)nn2-c2ccccc2Cl)C1. The van der Waals surface area contributed by atoms with Crippen LogP contribution in [0.4, 0.5) is 19.1 Å². The van der Waals surface area contributed by atoms with Gasteiger partial charge in [-0.25, -0.2) is 9.48 Å². The van der Waals surface area contributed by atoms with Crippen LogP contribution in [0, 0.1) is 0 Å². The molecule has 212 valence electrons. The number of aliphatic hydroxyl groups is 2. The van der Waals surface area contributed by atoms with Gasteiger partial charge in [0.15, 0.2) is 17.8 Å². The zero-order valence-electron chi connectivity index (χ0n) is 21.1. The van der Waals surface area contributed by atoms with Gasteiger partial charge in [-0.1, -0.05) is 35.3 Å². The first kappa shape index (κ1) is 28.1. The third-order valence-corrected chi connectivity index (χ3v) is 7.07. The summed E-state index contributed by atoms with van der Waals surface area (Å²) in [6.07, 6.45) is -7.24. The Bertz CT molecular complexity index is 1580. The van der Waals surface area contributed by atoms with E-state index in [4.69, 9.17) is 23.2 Å². The second-order valence-electron chi connectivity index (χ2n) is 9.80. The van der Waals surface area contributed by atoms with Crippen LogP contribution in [0.2, 0.25) is 10.0 Å². The van der Waals surface area contributed by atoms with E-state index in [1.807, 2.05) is 4.90 Å². The van der Waals surface area contributed by atoms with Crippen LogP contribution in [0.25, 0.3) is 17.1 Å². The second kappa shape index (κ2) is 10.5. The van der Waals surface area contributed by atoms with Crippen LogP contribution in [0.1, 0.15) is 19.2 Å². The number of β-amino-alcohol motifs (C(OH)–C–C–N with tert-alkyl or cyclic N) is 1. The summed E-state index contributed by atoms with van der Waals surface area (Å²) in [5, 5.41) is 29.8. The number of halogens is 5. The van der Waals surface area contributed by atoms with Crippen molar-refractivity contribution in [2.75, 3.05) is 18.0 Å². The van der Waals surface area contributed by atoms with Gasteiger partial charge >= 0.3 is 11.9 Å². The van der Waals surface area contributed by atoms with E-state index in [1.54, 1.807) is 31.2 Å². The molecule has 1 fully saturated rings. The predicted molar refractivity (Wildman–Crippen MR) is 142 cm³/mol. The maximum Gasteiger partial charge on any atom is 0.416 e. The molecule has 10 nitrogen and oxygen atoms in total. The largest absolute Gasteiger partial charge is 0.416 e. The first-order chi connectivity index (χ1) is 18.8. The number of para-hydroxylation sites is 1. The highest BCUT2D eigenvalue weighted by atomic mass is 35.5. The summed E-state index contributed by atoms with van der Waals surface area (Å²) in [5.41, 5.74) is -1.01. The molecule has 15 heteroatoms. The zero-order chi connectivity index (χ0) is 28.8. The van der Waals surface area contributed by atoms with Crippen LogP contribution in [0.5, 0.6) is 0 Å². The van der Waals surface area contributed by atoms with Gasteiger partial charge in [-0.3, -0.25) is 4.57 Å². The molecule has 3 heterocycles. The zero-order valence-corrected chi connectivity index (χ0v) is 22.6. The van der Waals surface area contributed by atoms with Crippen LogP contribution in [-0.2, 0) is 13.1 Å². The molecule has 1 unspecified atom stereocenters. The van der Waals surface area contributed by atoms with E-state index in [-0.39, 0.29) is 24.7 Å². The van der Waals surface area contributed by atoms with Gasteiger partial charge in [0.1, 0.15) is 6.54 Å². The van der Waals surface area contributed by atoms with E-state index in [2.05, 4.69) is 15.2 Å². The van der Waals surface area contributed by atoms with E-state index in [1.165, 1.54) is 28.9 Å². The van der Waals surface area contributed by atoms with E-state index < -0.39 is 30.1 Å². The number of benzene rings is 2. The minimum atomic E-state index is -4.94. The Kier molecular flexibility index (Phi) is 7.42. The molecule has 4 aromatic rings. The van der Waals surface area contributed by atoms with Crippen molar-refractivity contribution in [1.29, 1.82) is 0 Å². The number of hydrogen-bond donors (Lipinski definition) is 2. The lowest BCUT2D eigenvalue weighted by Gasteiger charge is -2.20. The topological polar surface area (TPSA) is 114 Å². The third-order valence-electron chi connectivity index (χ3n) is 6.50. The van der Waals surface area contributed by atoms with Gasteiger partial charge in [0.25, 0.3) is 0 Å². The minimum absolute atomic E-state index is 0.0914. The molecule has 2 aromatic carbocycles. The fraction of sp³-hybridized carbons (Fsp3) is 0.360. The Balaban J connectivity index is 1.57. The molecule has 0 aliphatic carbocycles. The fourth-order valence-corrected chi connectivity index (χ4v) is 4.79. The van der Waals surface area contributed by atoms with Gasteiger partial charge in [-0.2, -0.15) is 22.8 Å². The molecule has 0 spiro atoms. The van der Waals surface area contributed by atoms with E-state index in [9.17, 15) is 28.2 Å². The van der Waals surface area contributed by atoms with Crippen LogP contribution >= 0.6 is 23.2 Å². The fourth-order valence-electron chi connectivity index (χ4n) is 4.45. The Hall–Kier alpha value is -3.39. The first-order valence-electron chi connectivity index (χ1n) is 12.2. The highest BCUT2D eigenvalue weighted by molar-refractivity contribution is 6.32. The van der Waals surface area contributed by atoms with Crippen molar-refractivity contribution in [3.63, 3.8) is 0 Å². The van der Waals surface area contributed by atoms with E-state index >= 15 is 0 Å². The summed E-state index contributed by atoms with van der Waals surface area (Å²) in [4.78, 5) is 19.7. The summed E-state index contributed by atoms with van der Waals surface area (Å²) < 4.78 is 42.7. The smallest absolute Gasteiger partial charge is 0.388 e. The summed E-state index contributed by atoms with van der Waals surface area (Å²) in [7, 11) is 0. The highest BCUT2D eigenvalue weighted by Crippen LogP contribution is 2.30. The van der Waals surface area contributed by atoms with E-state index in [0.717, 1.165) is 9.25 Å². The van der Waals surface area contributed by atoms with Gasteiger partial charge in [0.05, 0.1) is 22.9 Å². The summed E-state index contributed by atoms with van der Waals surface area (Å²) in [6.45, 7) is 1.13. The lowest BCUT2D eigenvalue weighted by atomic mass is 10.1. The van der Waals surface area contributed by atoms with Crippen LogP contribution in [0.3, 0.4) is 0 Å². The lowest BCUT2D eigenvalue weighted by molar-refractivity contribution is -0.207. The second-order valence-corrected chi connectivity index (χ2v) is 10.6. The van der Waals surface area contributed by atoms with Crippen molar-refractivity contribution in [3.05, 3.63) is 74.9 Å². The van der Waals surface area contributed by atoms with Crippen molar-refractivity contribution < 1.29 is 23.4 Å². The quantitative estimate of drug-likeness (QED) is 0.335. The van der Waals surface area contributed by atoms with Crippen LogP contribution < -0.4 is 10.6 Å². The molecule has 1 saturated heterocycles. The molecule has 2 aromatic heterocycles. The van der Waals surface area contributed by atoms with Gasteiger partial charge in [-0.05, 0) is 49.7 Å². The van der Waals surface area contributed by atoms with Crippen molar-refractivity contribution in [2.24, 2.45) is 0 Å². The first-order valence-corrected chi connectivity index (χ1v) is 12.9. The van der Waals surface area contributed by atoms with Gasteiger partial charge in [-0.15, -0.1) is 10.2 Å². The summed E-state index contributed by atoms with van der Waals surface area (Å²) in [5.74, 6) is 0.414. The normalized spacial score (nSPS) is 18.4. The number of anilines is 1. The molecule has 2 N–H and O–H groups in total. The van der Waals surface area contributed by atoms with Crippen LogP contribution in [-0.4, -0.2) is 70.3 Å². The molecule has 1 aliphatic rings. The number of alkyl halides is 3. The molecule has 0 amide bonds. The maximum atomic E-state index is 13.3. The number of rotatable bonds is 7. The molecule has 0 radical (unpaired) electrons. The summed E-state index contributed by atoms with van der Waals surface area (Å²) in [6, 6.07) is 13.0. The minimum Gasteiger partial charge on any atom is -0.388 e. The molecule has 5 rings (SSSR count). The molecule has 0 saturated carbocycles. The molecular formula is C25H24Cl2F3N7O3. The number of aliphatic hydroxyl groups excluding tert-OH is 1. The maximum absolute atomic E-state index is 13.3. The average molecular weight is 598 g/mol. The molecule has 2 atom stereocenters. The third kappa shape index (κ3) is 5.73. The molecular weight excluding hydrogens is 574 g/mol. The van der Waals surface area contributed by atoms with E-state index in [0.29, 0.717) is 40.2 Å². The van der Waals surface area contributed by atoms with Gasteiger partial charge in [0.2, 0.25) is 5.95 Å². The Morgan fingerprint density at radius 1 is 1.10 bits per heavy atom. The van der Waals surface area contributed by atoms with Gasteiger partial charge in [0, 0.05) is 23.7 Å². The Labute approximate surface area is 235 Å². The van der Waals surface area contributed by atoms with Crippen LogP contribution in [0.15, 0.2) is 53.3 Å². The Morgan fingerprint density at radius 3 is 2.42 bits per heavy atom. The lowest BCUT2D eigenvalue weighted by Crippen LogP contribution is -2.37. The number of hydrogen-bond acceptors (Lipinski definition) is 7. The molecule has 1 aliphatic heterocycles. The highest BCUT2D eigenvalue weighted by Gasteiger charge is 2.39. The Morgan fingerprint density at radius 2 is 1.80 bits per heavy atom. The summed E-state index contributed by atoms with van der Waals surface area (Å²) >= 11 is 12.4. The van der Waals surface area contributed by atoms with Crippen molar-refractivity contribution in [1.82, 2.24) is 29.1 Å². The van der Waals surface area contributed by atoms with Crippen molar-refractivity contribution in [3.8, 4) is 17.1 Å². The monoisotopic (exact) mass is 597 g/mol. The van der Waals surface area contributed by atoms with Crippen molar-refractivity contribution >= 4 is 29.2 Å². The van der Waals surface area contributed by atoms with Crippen molar-refractivity contribution in [2.45, 2.75) is 44.3 Å². The van der Waals surface area contributed by atoms with Gasteiger partial charge < -0.3 is 15.1 Å². The average Bonchev–Trinajstić information content (AvgIpc) is 3.55. The standard InChI is InChI=1S/C25H24Cl2F3N7O3/c1-24(40)10-11-34(14-24)22-31-20(32-37(22)18-5-3-2-4-17(18)27)13-36-23(39)35(12-19(38)25(28,29)30)21(33-36)15-6-8-16(26)9-7-15/h2-9,19,38,40H,10-14H2,1H3/t19-,24?/m0/s1.